The predicted octanol–water partition coefficient (Wildman–Crippen LogP) is 6.55. The van der Waals surface area contributed by atoms with E-state index in [9.17, 15) is 9.90 Å². The summed E-state index contributed by atoms with van der Waals surface area (Å²) in [6, 6.07) is 19.9. The van der Waals surface area contributed by atoms with E-state index < -0.39 is 5.97 Å². The van der Waals surface area contributed by atoms with Gasteiger partial charge in [-0.05, 0) is 60.2 Å². The van der Waals surface area contributed by atoms with Crippen LogP contribution in [0, 0.1) is 6.92 Å². The number of nitrogens with one attached hydrogen (secondary N) is 1. The second kappa shape index (κ2) is 12.2. The molecule has 0 bridgehead atoms. The largest absolute Gasteiger partial charge is 0.489 e. The second-order valence-electron chi connectivity index (χ2n) is 11.1. The molecular formula is C35H38N4O3. The van der Waals surface area contributed by atoms with E-state index in [0.29, 0.717) is 24.8 Å². The number of aromatic nitrogens is 2. The molecular weight excluding hydrogens is 524 g/mol. The number of hydrogen-bond acceptors (Lipinski definition) is 5. The average Bonchev–Trinajstić information content (AvgIpc) is 3.59. The van der Waals surface area contributed by atoms with Gasteiger partial charge >= 0.3 is 5.97 Å². The first kappa shape index (κ1) is 27.8. The number of imidazole rings is 1. The molecule has 3 aromatic carbocycles. The molecule has 1 unspecified atom stereocenters. The summed E-state index contributed by atoms with van der Waals surface area (Å²) in [5.41, 5.74) is 7.56. The molecule has 0 spiro atoms. The molecule has 1 aromatic heterocycles. The second-order valence-corrected chi connectivity index (χ2v) is 11.1. The van der Waals surface area contributed by atoms with Crippen LogP contribution in [-0.2, 0) is 13.0 Å². The number of carbonyl (C=O) groups is 1. The molecule has 6 rings (SSSR count). The Labute approximate surface area is 247 Å². The zero-order valence-corrected chi connectivity index (χ0v) is 24.3. The molecule has 0 radical (unpaired) electrons. The van der Waals surface area contributed by atoms with E-state index in [2.05, 4.69) is 71.1 Å². The zero-order valence-electron chi connectivity index (χ0n) is 24.3. The van der Waals surface area contributed by atoms with Crippen molar-refractivity contribution >= 4 is 17.0 Å². The Morgan fingerprint density at radius 1 is 1.12 bits per heavy atom. The molecule has 42 heavy (non-hydrogen) atoms. The third kappa shape index (κ3) is 5.57. The van der Waals surface area contributed by atoms with Crippen LogP contribution in [0.25, 0.3) is 22.2 Å². The quantitative estimate of drug-likeness (QED) is 0.216. The van der Waals surface area contributed by atoms with Gasteiger partial charge in [-0.25, -0.2) is 9.78 Å². The maximum Gasteiger partial charge on any atom is 0.336 e. The molecule has 7 nitrogen and oxygen atoms in total. The van der Waals surface area contributed by atoms with Crippen LogP contribution in [0.1, 0.15) is 53.5 Å². The number of benzene rings is 3. The van der Waals surface area contributed by atoms with Gasteiger partial charge in [0.05, 0.1) is 30.3 Å². The van der Waals surface area contributed by atoms with Crippen LogP contribution in [0.2, 0.25) is 0 Å². The van der Waals surface area contributed by atoms with Gasteiger partial charge in [-0.15, -0.1) is 0 Å². The third-order valence-corrected chi connectivity index (χ3v) is 8.30. The number of allylic oxidation sites excluding steroid dienone is 2. The molecule has 1 saturated heterocycles. The molecule has 2 N–H and O–H groups in total. The standard InChI is InChI=1S/C35H38N4O3/c1-3-4-13-32-37-33-24(2)14-19-31(42-21-20-38-23-36-29-11-7-8-12-30(29)38)34(33)39(32)22-25-15-17-26(18-16-25)27-9-5-6-10-28(27)35(40)41/h5-10,12,14-19,29,36H,3-4,11,13,20-23H2,1-2H3,(H,40,41). The van der Waals surface area contributed by atoms with E-state index in [1.807, 2.05) is 24.3 Å². The van der Waals surface area contributed by atoms with Gasteiger partial charge in [0, 0.05) is 18.7 Å². The maximum atomic E-state index is 11.8. The smallest absolute Gasteiger partial charge is 0.336 e. The first-order valence-corrected chi connectivity index (χ1v) is 14.9. The lowest BCUT2D eigenvalue weighted by Crippen LogP contribution is -2.26. The molecule has 1 aliphatic heterocycles. The number of ether oxygens (including phenoxy) is 1. The summed E-state index contributed by atoms with van der Waals surface area (Å²) in [4.78, 5) is 19.3. The summed E-state index contributed by atoms with van der Waals surface area (Å²) in [7, 11) is 0. The zero-order chi connectivity index (χ0) is 29.1. The number of carboxylic acid groups (broad SMARTS) is 1. The van der Waals surface area contributed by atoms with Crippen molar-refractivity contribution in [3.63, 3.8) is 0 Å². The van der Waals surface area contributed by atoms with E-state index in [-0.39, 0.29) is 0 Å². The van der Waals surface area contributed by atoms with Crippen LogP contribution >= 0.6 is 0 Å². The first-order chi connectivity index (χ1) is 20.5. The highest BCUT2D eigenvalue weighted by Gasteiger charge is 2.27. The summed E-state index contributed by atoms with van der Waals surface area (Å²) in [6.07, 6.45) is 10.7. The minimum atomic E-state index is -0.920. The highest BCUT2D eigenvalue weighted by atomic mass is 16.5. The number of fused-ring (bicyclic) bond motifs is 2. The fraction of sp³-hybridized carbons (Fsp3) is 0.314. The molecule has 1 aliphatic carbocycles. The Kier molecular flexibility index (Phi) is 8.11. The van der Waals surface area contributed by atoms with Crippen LogP contribution in [0.4, 0.5) is 0 Å². The number of aryl methyl sites for hydroxylation is 2. The molecule has 1 atom stereocenters. The monoisotopic (exact) mass is 562 g/mol. The molecule has 0 saturated carbocycles. The van der Waals surface area contributed by atoms with Crippen molar-refractivity contribution in [2.75, 3.05) is 19.8 Å². The van der Waals surface area contributed by atoms with Crippen LogP contribution in [0.15, 0.2) is 84.6 Å². The van der Waals surface area contributed by atoms with Gasteiger partial charge in [0.1, 0.15) is 23.7 Å². The third-order valence-electron chi connectivity index (χ3n) is 8.30. The van der Waals surface area contributed by atoms with Crippen LogP contribution in [0.5, 0.6) is 5.75 Å². The van der Waals surface area contributed by atoms with Gasteiger partial charge in [-0.3, -0.25) is 5.32 Å². The van der Waals surface area contributed by atoms with Crippen molar-refractivity contribution in [3.8, 4) is 16.9 Å². The summed E-state index contributed by atoms with van der Waals surface area (Å²) in [6.45, 7) is 7.22. The fourth-order valence-electron chi connectivity index (χ4n) is 6.01. The van der Waals surface area contributed by atoms with Gasteiger partial charge in [-0.1, -0.05) is 74.0 Å². The highest BCUT2D eigenvalue weighted by Crippen LogP contribution is 2.32. The van der Waals surface area contributed by atoms with Crippen molar-refractivity contribution in [3.05, 3.63) is 107 Å². The number of rotatable bonds is 11. The molecule has 7 heteroatoms. The topological polar surface area (TPSA) is 79.6 Å². The van der Waals surface area contributed by atoms with Crippen molar-refractivity contribution in [1.29, 1.82) is 0 Å². The molecule has 4 aromatic rings. The van der Waals surface area contributed by atoms with E-state index in [4.69, 9.17) is 9.72 Å². The van der Waals surface area contributed by atoms with E-state index in [1.165, 1.54) is 5.70 Å². The summed E-state index contributed by atoms with van der Waals surface area (Å²) in [5.74, 6) is 1.01. The Balaban J connectivity index is 1.28. The van der Waals surface area contributed by atoms with E-state index in [0.717, 1.165) is 83.8 Å². The summed E-state index contributed by atoms with van der Waals surface area (Å²) in [5, 5.41) is 13.2. The maximum absolute atomic E-state index is 11.8. The predicted molar refractivity (Wildman–Crippen MR) is 167 cm³/mol. The number of carboxylic acids is 1. The van der Waals surface area contributed by atoms with Gasteiger partial charge in [0.25, 0.3) is 0 Å². The lowest BCUT2D eigenvalue weighted by Gasteiger charge is -2.22. The number of unbranched alkanes of at least 4 members (excludes halogenated alkanes) is 1. The van der Waals surface area contributed by atoms with Gasteiger partial charge in [0.15, 0.2) is 0 Å². The Bertz CT molecular complexity index is 1650. The minimum Gasteiger partial charge on any atom is -0.489 e. The van der Waals surface area contributed by atoms with E-state index >= 15 is 0 Å². The molecule has 2 aliphatic rings. The Morgan fingerprint density at radius 2 is 1.95 bits per heavy atom. The average molecular weight is 563 g/mol. The van der Waals surface area contributed by atoms with Crippen molar-refractivity contribution in [1.82, 2.24) is 19.8 Å². The highest BCUT2D eigenvalue weighted by molar-refractivity contribution is 5.96. The lowest BCUT2D eigenvalue weighted by molar-refractivity contribution is 0.0697. The van der Waals surface area contributed by atoms with Gasteiger partial charge in [-0.2, -0.15) is 0 Å². The normalized spacial score (nSPS) is 16.1. The van der Waals surface area contributed by atoms with Crippen LogP contribution < -0.4 is 10.1 Å². The number of hydrogen-bond donors (Lipinski definition) is 2. The van der Waals surface area contributed by atoms with E-state index in [1.54, 1.807) is 12.1 Å². The molecule has 1 fully saturated rings. The number of nitrogens with zero attached hydrogens (tertiary/aromatic N) is 3. The van der Waals surface area contributed by atoms with Crippen molar-refractivity contribution in [2.24, 2.45) is 0 Å². The molecule has 2 heterocycles. The van der Waals surface area contributed by atoms with Gasteiger partial charge in [0.2, 0.25) is 0 Å². The summed E-state index contributed by atoms with van der Waals surface area (Å²) < 4.78 is 8.81. The van der Waals surface area contributed by atoms with Crippen LogP contribution in [0.3, 0.4) is 0 Å². The van der Waals surface area contributed by atoms with Crippen LogP contribution in [-0.4, -0.2) is 51.4 Å². The van der Waals surface area contributed by atoms with Gasteiger partial charge < -0.3 is 19.3 Å². The molecule has 0 amide bonds. The Hall–Kier alpha value is -4.36. The first-order valence-electron chi connectivity index (χ1n) is 14.9. The Morgan fingerprint density at radius 3 is 2.76 bits per heavy atom. The fourth-order valence-corrected chi connectivity index (χ4v) is 6.01. The minimum absolute atomic E-state index is 0.307. The lowest BCUT2D eigenvalue weighted by atomic mass is 9.98. The van der Waals surface area contributed by atoms with Crippen molar-refractivity contribution in [2.45, 2.75) is 52.1 Å². The molecule has 216 valence electrons. The number of aromatic carboxylic acids is 1. The summed E-state index contributed by atoms with van der Waals surface area (Å²) >= 11 is 0. The van der Waals surface area contributed by atoms with Crippen molar-refractivity contribution < 1.29 is 14.6 Å². The SMILES string of the molecule is CCCCc1nc2c(C)ccc(OCCN3CNC4CC=CC=C43)c2n1Cc1ccc(-c2ccccc2C(=O)O)cc1.